The van der Waals surface area contributed by atoms with Crippen molar-refractivity contribution in [1.29, 1.82) is 0 Å². The standard InChI is InChI=1S/C18H20N4O4S/c1-20(2)10-11-21-9-8-14-12-15(6-7-18(14)21)19-27(25,26)17-5-3-4-16(13-17)22(23)24/h3-9,12-13,19H,10-11H2,1-2H3. The Labute approximate surface area is 157 Å². The Hall–Kier alpha value is -2.91. The third-order valence-corrected chi connectivity index (χ3v) is 5.53. The van der Waals surface area contributed by atoms with Crippen molar-refractivity contribution in [3.8, 4) is 0 Å². The van der Waals surface area contributed by atoms with Crippen LogP contribution in [0.15, 0.2) is 59.6 Å². The van der Waals surface area contributed by atoms with E-state index in [1.807, 2.05) is 32.4 Å². The summed E-state index contributed by atoms with van der Waals surface area (Å²) in [4.78, 5) is 12.2. The number of benzene rings is 2. The van der Waals surface area contributed by atoms with Crippen molar-refractivity contribution in [2.75, 3.05) is 25.4 Å². The number of nitrogens with one attached hydrogen (secondary N) is 1. The quantitative estimate of drug-likeness (QED) is 0.496. The van der Waals surface area contributed by atoms with Crippen LogP contribution in [0, 0.1) is 10.1 Å². The minimum atomic E-state index is -3.92. The van der Waals surface area contributed by atoms with Crippen LogP contribution < -0.4 is 4.72 Å². The number of sulfonamides is 1. The van der Waals surface area contributed by atoms with Gasteiger partial charge in [0.25, 0.3) is 15.7 Å². The van der Waals surface area contributed by atoms with Crippen molar-refractivity contribution in [3.63, 3.8) is 0 Å². The van der Waals surface area contributed by atoms with Gasteiger partial charge in [-0.15, -0.1) is 0 Å². The fourth-order valence-corrected chi connectivity index (χ4v) is 3.83. The van der Waals surface area contributed by atoms with Crippen LogP contribution in [-0.2, 0) is 16.6 Å². The molecule has 0 spiro atoms. The molecule has 27 heavy (non-hydrogen) atoms. The summed E-state index contributed by atoms with van der Waals surface area (Å²) >= 11 is 0. The van der Waals surface area contributed by atoms with E-state index in [4.69, 9.17) is 0 Å². The summed E-state index contributed by atoms with van der Waals surface area (Å²) in [5.74, 6) is 0. The van der Waals surface area contributed by atoms with Crippen molar-refractivity contribution >= 4 is 32.3 Å². The molecule has 0 unspecified atom stereocenters. The predicted molar refractivity (Wildman–Crippen MR) is 104 cm³/mol. The molecule has 0 amide bonds. The molecule has 3 aromatic rings. The highest BCUT2D eigenvalue weighted by molar-refractivity contribution is 7.92. The molecule has 0 aliphatic carbocycles. The number of nitrogens with zero attached hydrogens (tertiary/aromatic N) is 3. The zero-order valence-electron chi connectivity index (χ0n) is 15.0. The fraction of sp³-hybridized carbons (Fsp3) is 0.222. The largest absolute Gasteiger partial charge is 0.346 e. The third kappa shape index (κ3) is 4.26. The van der Waals surface area contributed by atoms with Gasteiger partial charge < -0.3 is 9.47 Å². The average molecular weight is 388 g/mol. The van der Waals surface area contributed by atoms with Gasteiger partial charge in [0.1, 0.15) is 0 Å². The number of non-ortho nitro benzene ring substituents is 1. The van der Waals surface area contributed by atoms with Crippen molar-refractivity contribution in [2.45, 2.75) is 11.4 Å². The lowest BCUT2D eigenvalue weighted by Crippen LogP contribution is -2.17. The molecule has 0 radical (unpaired) electrons. The molecule has 142 valence electrons. The normalized spacial score (nSPS) is 11.8. The minimum absolute atomic E-state index is 0.152. The highest BCUT2D eigenvalue weighted by Crippen LogP contribution is 2.24. The van der Waals surface area contributed by atoms with E-state index in [9.17, 15) is 18.5 Å². The maximum absolute atomic E-state index is 12.6. The highest BCUT2D eigenvalue weighted by atomic mass is 32.2. The maximum atomic E-state index is 12.6. The van der Waals surface area contributed by atoms with Gasteiger partial charge in [0.2, 0.25) is 0 Å². The molecule has 0 aliphatic rings. The van der Waals surface area contributed by atoms with Gasteiger partial charge in [0.15, 0.2) is 0 Å². The van der Waals surface area contributed by atoms with E-state index in [2.05, 4.69) is 14.2 Å². The van der Waals surface area contributed by atoms with Crippen LogP contribution in [-0.4, -0.2) is 43.4 Å². The van der Waals surface area contributed by atoms with Crippen LogP contribution in [0.1, 0.15) is 0 Å². The van der Waals surface area contributed by atoms with Gasteiger partial charge in [-0.05, 0) is 44.4 Å². The number of nitro groups is 1. The summed E-state index contributed by atoms with van der Waals surface area (Å²) in [5.41, 5.74) is 1.14. The second-order valence-corrected chi connectivity index (χ2v) is 8.13. The molecule has 0 aliphatic heterocycles. The van der Waals surface area contributed by atoms with Gasteiger partial charge in [0.05, 0.1) is 9.82 Å². The molecule has 0 bridgehead atoms. The van der Waals surface area contributed by atoms with Crippen LogP contribution in [0.25, 0.3) is 10.9 Å². The average Bonchev–Trinajstić information content (AvgIpc) is 3.02. The molecule has 0 atom stereocenters. The summed E-state index contributed by atoms with van der Waals surface area (Å²) in [6.07, 6.45) is 1.97. The van der Waals surface area contributed by atoms with Gasteiger partial charge in [-0.1, -0.05) is 6.07 Å². The van der Waals surface area contributed by atoms with Crippen molar-refractivity contribution in [3.05, 3.63) is 64.8 Å². The second kappa shape index (κ2) is 7.37. The molecule has 3 rings (SSSR count). The number of fused-ring (bicyclic) bond motifs is 1. The minimum Gasteiger partial charge on any atom is -0.346 e. The third-order valence-electron chi connectivity index (χ3n) is 4.15. The molecule has 8 nitrogen and oxygen atoms in total. The molecule has 0 saturated heterocycles. The number of hydrogen-bond donors (Lipinski definition) is 1. The lowest BCUT2D eigenvalue weighted by molar-refractivity contribution is -0.385. The van der Waals surface area contributed by atoms with E-state index >= 15 is 0 Å². The molecule has 0 saturated carbocycles. The molecule has 1 N–H and O–H groups in total. The Morgan fingerprint density at radius 2 is 1.93 bits per heavy atom. The Morgan fingerprint density at radius 1 is 1.15 bits per heavy atom. The van der Waals surface area contributed by atoms with E-state index < -0.39 is 14.9 Å². The van der Waals surface area contributed by atoms with Crippen LogP contribution in [0.3, 0.4) is 0 Å². The number of rotatable bonds is 7. The van der Waals surface area contributed by atoms with Gasteiger partial charge in [-0.25, -0.2) is 8.42 Å². The lowest BCUT2D eigenvalue weighted by Gasteiger charge is -2.12. The Balaban J connectivity index is 1.85. The smallest absolute Gasteiger partial charge is 0.270 e. The zero-order valence-corrected chi connectivity index (χ0v) is 15.8. The molecule has 0 fully saturated rings. The fourth-order valence-electron chi connectivity index (χ4n) is 2.74. The molecule has 1 aromatic heterocycles. The first-order valence-corrected chi connectivity index (χ1v) is 9.75. The van der Waals surface area contributed by atoms with Gasteiger partial charge in [-0.3, -0.25) is 14.8 Å². The van der Waals surface area contributed by atoms with Crippen molar-refractivity contribution in [1.82, 2.24) is 9.47 Å². The first-order chi connectivity index (χ1) is 12.8. The summed E-state index contributed by atoms with van der Waals surface area (Å²) in [7, 11) is 0.0923. The number of aromatic nitrogens is 1. The topological polar surface area (TPSA) is 97.5 Å². The lowest BCUT2D eigenvalue weighted by atomic mass is 10.2. The molecular formula is C18H20N4O4S. The Bertz CT molecular complexity index is 1090. The van der Waals surface area contributed by atoms with E-state index in [1.165, 1.54) is 18.2 Å². The van der Waals surface area contributed by atoms with Crippen LogP contribution in [0.5, 0.6) is 0 Å². The monoisotopic (exact) mass is 388 g/mol. The van der Waals surface area contributed by atoms with Crippen molar-refractivity contribution < 1.29 is 13.3 Å². The molecular weight excluding hydrogens is 368 g/mol. The summed E-state index contributed by atoms with van der Waals surface area (Å²) in [6.45, 7) is 1.72. The first kappa shape index (κ1) is 18.9. The number of hydrogen-bond acceptors (Lipinski definition) is 5. The van der Waals surface area contributed by atoms with Gasteiger partial charge in [-0.2, -0.15) is 0 Å². The van der Waals surface area contributed by atoms with Crippen LogP contribution in [0.2, 0.25) is 0 Å². The van der Waals surface area contributed by atoms with Gasteiger partial charge >= 0.3 is 0 Å². The van der Waals surface area contributed by atoms with Crippen molar-refractivity contribution in [2.24, 2.45) is 0 Å². The second-order valence-electron chi connectivity index (χ2n) is 6.45. The highest BCUT2D eigenvalue weighted by Gasteiger charge is 2.18. The van der Waals surface area contributed by atoms with E-state index in [-0.39, 0.29) is 10.6 Å². The van der Waals surface area contributed by atoms with Gasteiger partial charge in [0, 0.05) is 48.0 Å². The number of anilines is 1. The first-order valence-electron chi connectivity index (χ1n) is 8.27. The molecule has 9 heteroatoms. The molecule has 2 aromatic carbocycles. The summed E-state index contributed by atoms with van der Waals surface area (Å²) in [5, 5.41) is 11.8. The van der Waals surface area contributed by atoms with Crippen LogP contribution in [0.4, 0.5) is 11.4 Å². The Kier molecular flexibility index (Phi) is 5.15. The zero-order chi connectivity index (χ0) is 19.6. The summed E-state index contributed by atoms with van der Waals surface area (Å²) in [6, 6.07) is 12.2. The maximum Gasteiger partial charge on any atom is 0.270 e. The van der Waals surface area contributed by atoms with Crippen LogP contribution >= 0.6 is 0 Å². The number of nitro benzene ring substituents is 1. The molecule has 1 heterocycles. The van der Waals surface area contributed by atoms with E-state index in [0.717, 1.165) is 30.1 Å². The Morgan fingerprint density at radius 3 is 2.63 bits per heavy atom. The SMILES string of the molecule is CN(C)CCn1ccc2cc(NS(=O)(=O)c3cccc([N+](=O)[O-])c3)ccc21. The van der Waals surface area contributed by atoms with E-state index in [0.29, 0.717) is 5.69 Å². The number of likely N-dealkylation sites (N-methyl/N-ethyl adjacent to an activating group) is 1. The predicted octanol–water partition coefficient (Wildman–Crippen LogP) is 2.91. The van der Waals surface area contributed by atoms with E-state index in [1.54, 1.807) is 12.1 Å². The summed E-state index contributed by atoms with van der Waals surface area (Å²) < 4.78 is 29.7.